The quantitative estimate of drug-likeness (QED) is 0.643. The first kappa shape index (κ1) is 16.2. The third-order valence-electron chi connectivity index (χ3n) is 3.47. The van der Waals surface area contributed by atoms with Gasteiger partial charge in [0.15, 0.2) is 0 Å². The van der Waals surface area contributed by atoms with E-state index in [2.05, 4.69) is 21.2 Å². The molecule has 2 rings (SSSR count). The molecule has 0 atom stereocenters. The molecule has 0 saturated carbocycles. The number of nitro benzene ring substituents is 1. The molecule has 0 radical (unpaired) electrons. The molecule has 1 N–H and O–H groups in total. The average molecular weight is 363 g/mol. The number of nitrogens with one attached hydrogen (secondary N) is 1. The zero-order valence-electron chi connectivity index (χ0n) is 12.4. The molecule has 0 aromatic heterocycles. The average Bonchev–Trinajstić information content (AvgIpc) is 2.43. The maximum atomic E-state index is 12.4. The van der Waals surface area contributed by atoms with Crippen LogP contribution in [0.3, 0.4) is 0 Å². The lowest BCUT2D eigenvalue weighted by atomic mass is 10.0. The summed E-state index contributed by atoms with van der Waals surface area (Å²) in [5.41, 5.74) is 2.83. The number of halogens is 1. The molecule has 0 spiro atoms. The van der Waals surface area contributed by atoms with E-state index in [4.69, 9.17) is 0 Å². The smallest absolute Gasteiger partial charge is 0.277 e. The second-order valence-corrected chi connectivity index (χ2v) is 5.90. The summed E-state index contributed by atoms with van der Waals surface area (Å²) in [5, 5.41) is 14.0. The minimum absolute atomic E-state index is 0.0352. The minimum atomic E-state index is -0.418. The van der Waals surface area contributed by atoms with Crippen molar-refractivity contribution in [2.24, 2.45) is 0 Å². The Labute approximate surface area is 136 Å². The number of amides is 1. The van der Waals surface area contributed by atoms with Crippen molar-refractivity contribution in [1.82, 2.24) is 0 Å². The van der Waals surface area contributed by atoms with E-state index < -0.39 is 4.92 Å². The Bertz CT molecular complexity index is 772. The molecule has 0 fully saturated rings. The first-order valence-corrected chi connectivity index (χ1v) is 7.43. The summed E-state index contributed by atoms with van der Waals surface area (Å²) in [6, 6.07) is 8.74. The predicted octanol–water partition coefficient (Wildman–Crippen LogP) is 4.53. The van der Waals surface area contributed by atoms with Crippen LogP contribution in [0, 0.1) is 30.9 Å². The van der Waals surface area contributed by atoms with Crippen LogP contribution < -0.4 is 5.32 Å². The number of nitro groups is 1. The predicted molar refractivity (Wildman–Crippen MR) is 89.4 cm³/mol. The van der Waals surface area contributed by atoms with Gasteiger partial charge in [0.1, 0.15) is 0 Å². The molecule has 0 aliphatic carbocycles. The van der Waals surface area contributed by atoms with Crippen LogP contribution in [-0.2, 0) is 0 Å². The molecule has 2 aromatic rings. The van der Waals surface area contributed by atoms with E-state index in [1.165, 1.54) is 0 Å². The maximum Gasteiger partial charge on any atom is 0.277 e. The van der Waals surface area contributed by atoms with E-state index in [-0.39, 0.29) is 11.6 Å². The van der Waals surface area contributed by atoms with Crippen LogP contribution in [0.4, 0.5) is 11.4 Å². The van der Waals surface area contributed by atoms with Gasteiger partial charge < -0.3 is 5.32 Å². The Morgan fingerprint density at radius 2 is 1.82 bits per heavy atom. The highest BCUT2D eigenvalue weighted by Crippen LogP contribution is 2.33. The highest BCUT2D eigenvalue weighted by atomic mass is 79.9. The summed E-state index contributed by atoms with van der Waals surface area (Å²) in [6.45, 7) is 5.16. The number of hydrogen-bond acceptors (Lipinski definition) is 3. The van der Waals surface area contributed by atoms with E-state index in [1.54, 1.807) is 38.1 Å². The fourth-order valence-corrected chi connectivity index (χ4v) is 2.94. The molecule has 5 nitrogen and oxygen atoms in total. The summed E-state index contributed by atoms with van der Waals surface area (Å²) in [4.78, 5) is 23.2. The van der Waals surface area contributed by atoms with Crippen LogP contribution >= 0.6 is 15.9 Å². The molecule has 2 aromatic carbocycles. The lowest BCUT2D eigenvalue weighted by molar-refractivity contribution is -0.386. The highest BCUT2D eigenvalue weighted by Gasteiger charge is 2.21. The van der Waals surface area contributed by atoms with Gasteiger partial charge in [-0.3, -0.25) is 14.9 Å². The number of benzene rings is 2. The molecule has 0 aliphatic heterocycles. The summed E-state index contributed by atoms with van der Waals surface area (Å²) >= 11 is 3.33. The second-order valence-electron chi connectivity index (χ2n) is 5.05. The Balaban J connectivity index is 2.46. The number of hydrogen-bond donors (Lipinski definition) is 1. The van der Waals surface area contributed by atoms with Gasteiger partial charge in [0, 0.05) is 10.0 Å². The van der Waals surface area contributed by atoms with Crippen molar-refractivity contribution in [3.63, 3.8) is 0 Å². The van der Waals surface area contributed by atoms with Crippen molar-refractivity contribution in [1.29, 1.82) is 0 Å². The van der Waals surface area contributed by atoms with Crippen molar-refractivity contribution in [2.75, 3.05) is 5.32 Å². The molecule has 22 heavy (non-hydrogen) atoms. The second kappa shape index (κ2) is 6.27. The lowest BCUT2D eigenvalue weighted by Crippen LogP contribution is -2.15. The van der Waals surface area contributed by atoms with Gasteiger partial charge in [-0.2, -0.15) is 0 Å². The van der Waals surface area contributed by atoms with Gasteiger partial charge in [0.2, 0.25) is 0 Å². The van der Waals surface area contributed by atoms with E-state index in [9.17, 15) is 14.9 Å². The van der Waals surface area contributed by atoms with Gasteiger partial charge in [0.25, 0.3) is 11.6 Å². The van der Waals surface area contributed by atoms with E-state index in [0.717, 1.165) is 5.56 Å². The molecular weight excluding hydrogens is 348 g/mol. The summed E-state index contributed by atoms with van der Waals surface area (Å²) < 4.78 is 0.671. The normalized spacial score (nSPS) is 10.4. The zero-order valence-corrected chi connectivity index (χ0v) is 14.0. The maximum absolute atomic E-state index is 12.4. The molecule has 0 aliphatic rings. The minimum Gasteiger partial charge on any atom is -0.321 e. The summed E-state index contributed by atoms with van der Waals surface area (Å²) in [5.74, 6) is -0.308. The van der Waals surface area contributed by atoms with E-state index in [1.807, 2.05) is 13.0 Å². The van der Waals surface area contributed by atoms with E-state index >= 15 is 0 Å². The number of aryl methyl sites for hydroxylation is 2. The standard InChI is InChI=1S/C16H15BrN2O3/c1-9-8-10(2)15(19(21)22)11(3)14(9)18-16(20)12-6-4-5-7-13(12)17/h4-8H,1-3H3,(H,18,20). The Kier molecular flexibility index (Phi) is 4.61. The van der Waals surface area contributed by atoms with Crippen LogP contribution in [0.15, 0.2) is 34.8 Å². The number of rotatable bonds is 3. The Hall–Kier alpha value is -2.21. The molecule has 6 heteroatoms. The van der Waals surface area contributed by atoms with Gasteiger partial charge in [-0.25, -0.2) is 0 Å². The fourth-order valence-electron chi connectivity index (χ4n) is 2.47. The SMILES string of the molecule is Cc1cc(C)c([N+](=O)[O-])c(C)c1NC(=O)c1ccccc1Br. The first-order valence-electron chi connectivity index (χ1n) is 6.64. The van der Waals surface area contributed by atoms with Crippen LogP contribution in [0.5, 0.6) is 0 Å². The van der Waals surface area contributed by atoms with Crippen LogP contribution in [0.1, 0.15) is 27.0 Å². The lowest BCUT2D eigenvalue weighted by Gasteiger charge is -2.14. The topological polar surface area (TPSA) is 72.2 Å². The fraction of sp³-hybridized carbons (Fsp3) is 0.188. The van der Waals surface area contributed by atoms with Crippen LogP contribution in [-0.4, -0.2) is 10.8 Å². The molecule has 0 bridgehead atoms. The molecule has 1 amide bonds. The Morgan fingerprint density at radius 3 is 2.41 bits per heavy atom. The zero-order chi connectivity index (χ0) is 16.4. The molecule has 114 valence electrons. The number of anilines is 1. The number of carbonyl (C=O) groups excluding carboxylic acids is 1. The van der Waals surface area contributed by atoms with Crippen molar-refractivity contribution in [3.05, 3.63) is 67.2 Å². The van der Waals surface area contributed by atoms with Crippen molar-refractivity contribution in [3.8, 4) is 0 Å². The largest absolute Gasteiger partial charge is 0.321 e. The molecule has 0 unspecified atom stereocenters. The van der Waals surface area contributed by atoms with Crippen LogP contribution in [0.2, 0.25) is 0 Å². The number of nitrogens with zero attached hydrogens (tertiary/aromatic N) is 1. The third kappa shape index (κ3) is 3.01. The Morgan fingerprint density at radius 1 is 1.18 bits per heavy atom. The van der Waals surface area contributed by atoms with Crippen molar-refractivity contribution >= 4 is 33.2 Å². The first-order chi connectivity index (χ1) is 10.3. The third-order valence-corrected chi connectivity index (χ3v) is 4.16. The van der Waals surface area contributed by atoms with Gasteiger partial charge in [-0.1, -0.05) is 12.1 Å². The van der Waals surface area contributed by atoms with Gasteiger partial charge in [-0.05, 0) is 60.5 Å². The molecule has 0 saturated heterocycles. The summed E-state index contributed by atoms with van der Waals surface area (Å²) in [6.07, 6.45) is 0. The van der Waals surface area contributed by atoms with Crippen molar-refractivity contribution < 1.29 is 9.72 Å². The monoisotopic (exact) mass is 362 g/mol. The van der Waals surface area contributed by atoms with Gasteiger partial charge in [-0.15, -0.1) is 0 Å². The number of carbonyl (C=O) groups is 1. The van der Waals surface area contributed by atoms with E-state index in [0.29, 0.717) is 26.9 Å². The van der Waals surface area contributed by atoms with Gasteiger partial charge in [0.05, 0.1) is 21.7 Å². The van der Waals surface area contributed by atoms with Gasteiger partial charge >= 0.3 is 0 Å². The highest BCUT2D eigenvalue weighted by molar-refractivity contribution is 9.10. The molecular formula is C16H15BrN2O3. The van der Waals surface area contributed by atoms with Crippen LogP contribution in [0.25, 0.3) is 0 Å². The van der Waals surface area contributed by atoms with Crippen molar-refractivity contribution in [2.45, 2.75) is 20.8 Å². The summed E-state index contributed by atoms with van der Waals surface area (Å²) in [7, 11) is 0. The molecule has 0 heterocycles.